The molecule has 26 heavy (non-hydrogen) atoms. The maximum atomic E-state index is 12.4. The van der Waals surface area contributed by atoms with Gasteiger partial charge in [-0.15, -0.1) is 0 Å². The van der Waals surface area contributed by atoms with Gasteiger partial charge in [-0.2, -0.15) is 5.10 Å². The number of aromatic nitrogens is 3. The number of aromatic amines is 1. The van der Waals surface area contributed by atoms with Crippen molar-refractivity contribution in [1.82, 2.24) is 15.2 Å². The van der Waals surface area contributed by atoms with Gasteiger partial charge in [-0.25, -0.2) is 4.98 Å². The summed E-state index contributed by atoms with van der Waals surface area (Å²) in [4.78, 5) is 16.7. The molecule has 0 radical (unpaired) electrons. The van der Waals surface area contributed by atoms with E-state index in [0.29, 0.717) is 34.5 Å². The molecule has 2 aromatic carbocycles. The Hall–Kier alpha value is -2.86. The van der Waals surface area contributed by atoms with Crippen LogP contribution in [-0.2, 0) is 0 Å². The predicted molar refractivity (Wildman–Crippen MR) is 102 cm³/mol. The van der Waals surface area contributed by atoms with Crippen molar-refractivity contribution in [2.24, 2.45) is 0 Å². The number of benzene rings is 2. The Bertz CT molecular complexity index is 906. The second kappa shape index (κ2) is 8.01. The number of hydrogen-bond acceptors (Lipinski definition) is 4. The van der Waals surface area contributed by atoms with Crippen LogP contribution in [0.5, 0.6) is 5.75 Å². The number of hydrogen-bond donors (Lipinski definition) is 2. The molecule has 3 rings (SSSR count). The topological polar surface area (TPSA) is 79.9 Å². The quantitative estimate of drug-likeness (QED) is 0.670. The number of carbonyl (C=O) groups is 1. The zero-order valence-corrected chi connectivity index (χ0v) is 15.3. The maximum absolute atomic E-state index is 12.4. The number of rotatable bonds is 6. The summed E-state index contributed by atoms with van der Waals surface area (Å²) in [6.45, 7) is 4.45. The Labute approximate surface area is 156 Å². The molecular weight excluding hydrogens is 352 g/mol. The van der Waals surface area contributed by atoms with Crippen LogP contribution < -0.4 is 10.1 Å². The molecule has 0 spiro atoms. The van der Waals surface area contributed by atoms with Crippen molar-refractivity contribution in [3.05, 3.63) is 58.9 Å². The third kappa shape index (κ3) is 4.21. The van der Waals surface area contributed by atoms with Gasteiger partial charge in [0.1, 0.15) is 11.6 Å². The van der Waals surface area contributed by atoms with Crippen molar-refractivity contribution in [3.8, 4) is 17.1 Å². The first-order chi connectivity index (χ1) is 12.6. The molecule has 0 saturated heterocycles. The van der Waals surface area contributed by atoms with E-state index < -0.39 is 0 Å². The molecule has 0 bridgehead atoms. The summed E-state index contributed by atoms with van der Waals surface area (Å²) >= 11 is 6.18. The van der Waals surface area contributed by atoms with Gasteiger partial charge in [0.15, 0.2) is 5.82 Å². The van der Waals surface area contributed by atoms with Crippen LogP contribution in [0.1, 0.15) is 29.5 Å². The normalized spacial score (nSPS) is 10.6. The molecule has 6 nitrogen and oxygen atoms in total. The van der Waals surface area contributed by atoms with Crippen molar-refractivity contribution in [1.29, 1.82) is 0 Å². The van der Waals surface area contributed by atoms with Crippen LogP contribution in [0.3, 0.4) is 0 Å². The first-order valence-electron chi connectivity index (χ1n) is 8.30. The fourth-order valence-corrected chi connectivity index (χ4v) is 2.58. The molecule has 0 fully saturated rings. The molecule has 134 valence electrons. The highest BCUT2D eigenvalue weighted by molar-refractivity contribution is 6.32. The number of aryl methyl sites for hydroxylation is 1. The van der Waals surface area contributed by atoms with Crippen molar-refractivity contribution in [2.75, 3.05) is 11.9 Å². The number of carbonyl (C=O) groups excluding carboxylic acids is 1. The van der Waals surface area contributed by atoms with Crippen LogP contribution in [0.4, 0.5) is 5.69 Å². The van der Waals surface area contributed by atoms with E-state index in [1.54, 1.807) is 30.3 Å². The first-order valence-corrected chi connectivity index (χ1v) is 8.67. The van der Waals surface area contributed by atoms with Gasteiger partial charge in [0.25, 0.3) is 5.91 Å². The van der Waals surface area contributed by atoms with Gasteiger partial charge >= 0.3 is 0 Å². The molecule has 7 heteroatoms. The van der Waals surface area contributed by atoms with Gasteiger partial charge in [-0.05, 0) is 55.8 Å². The molecule has 0 saturated carbocycles. The van der Waals surface area contributed by atoms with E-state index in [0.717, 1.165) is 17.8 Å². The van der Waals surface area contributed by atoms with E-state index in [2.05, 4.69) is 20.5 Å². The Morgan fingerprint density at radius 3 is 2.62 bits per heavy atom. The Kier molecular flexibility index (Phi) is 5.53. The van der Waals surface area contributed by atoms with Crippen LogP contribution in [0.25, 0.3) is 11.4 Å². The monoisotopic (exact) mass is 370 g/mol. The molecule has 3 aromatic rings. The van der Waals surface area contributed by atoms with E-state index >= 15 is 0 Å². The van der Waals surface area contributed by atoms with Crippen molar-refractivity contribution in [3.63, 3.8) is 0 Å². The highest BCUT2D eigenvalue weighted by Crippen LogP contribution is 2.26. The largest absolute Gasteiger partial charge is 0.492 e. The van der Waals surface area contributed by atoms with Crippen molar-refractivity contribution >= 4 is 23.2 Å². The fourth-order valence-electron chi connectivity index (χ4n) is 2.35. The van der Waals surface area contributed by atoms with Gasteiger partial charge in [0.05, 0.1) is 11.6 Å². The summed E-state index contributed by atoms with van der Waals surface area (Å²) in [5, 5.41) is 10.2. The van der Waals surface area contributed by atoms with E-state index in [9.17, 15) is 4.79 Å². The summed E-state index contributed by atoms with van der Waals surface area (Å²) < 4.78 is 5.52. The first kappa shape index (κ1) is 17.9. The lowest BCUT2D eigenvalue weighted by Gasteiger charge is -2.09. The second-order valence-corrected chi connectivity index (χ2v) is 6.18. The van der Waals surface area contributed by atoms with Crippen LogP contribution in [0.2, 0.25) is 5.02 Å². The SMILES string of the molecule is CCCOc1ccc(C(=O)Nc2ccc(-c3n[nH]c(C)n3)cc2)cc1Cl. The van der Waals surface area contributed by atoms with Gasteiger partial charge in [0.2, 0.25) is 0 Å². The summed E-state index contributed by atoms with van der Waals surface area (Å²) in [7, 11) is 0. The molecule has 1 aromatic heterocycles. The van der Waals surface area contributed by atoms with E-state index in [-0.39, 0.29) is 5.91 Å². The average Bonchev–Trinajstić information content (AvgIpc) is 3.07. The third-order valence-corrected chi connectivity index (χ3v) is 3.95. The zero-order valence-electron chi connectivity index (χ0n) is 14.5. The number of halogens is 1. The summed E-state index contributed by atoms with van der Waals surface area (Å²) in [5.41, 5.74) is 2.01. The highest BCUT2D eigenvalue weighted by atomic mass is 35.5. The predicted octanol–water partition coefficient (Wildman–Crippen LogP) is 4.47. The number of nitrogens with one attached hydrogen (secondary N) is 2. The van der Waals surface area contributed by atoms with Crippen LogP contribution in [-0.4, -0.2) is 27.7 Å². The lowest BCUT2D eigenvalue weighted by molar-refractivity contribution is 0.102. The van der Waals surface area contributed by atoms with Crippen LogP contribution in [0.15, 0.2) is 42.5 Å². The van der Waals surface area contributed by atoms with Gasteiger partial charge in [-0.1, -0.05) is 18.5 Å². The van der Waals surface area contributed by atoms with Gasteiger partial charge < -0.3 is 10.1 Å². The summed E-state index contributed by atoms with van der Waals surface area (Å²) in [6.07, 6.45) is 0.891. The maximum Gasteiger partial charge on any atom is 0.255 e. The summed E-state index contributed by atoms with van der Waals surface area (Å²) in [6, 6.07) is 12.3. The van der Waals surface area contributed by atoms with Crippen molar-refractivity contribution in [2.45, 2.75) is 20.3 Å². The molecule has 0 atom stereocenters. The standard InChI is InChI=1S/C19H19ClN4O2/c1-3-10-26-17-9-6-14(11-16(17)20)19(25)22-15-7-4-13(5-8-15)18-21-12(2)23-24-18/h4-9,11H,3,10H2,1-2H3,(H,22,25)(H,21,23,24). The second-order valence-electron chi connectivity index (χ2n) is 5.77. The lowest BCUT2D eigenvalue weighted by Crippen LogP contribution is -2.12. The minimum atomic E-state index is -0.240. The Balaban J connectivity index is 1.68. The highest BCUT2D eigenvalue weighted by Gasteiger charge is 2.10. The zero-order chi connectivity index (χ0) is 18.5. The van der Waals surface area contributed by atoms with E-state index in [4.69, 9.17) is 16.3 Å². The third-order valence-electron chi connectivity index (χ3n) is 3.65. The van der Waals surface area contributed by atoms with Gasteiger partial charge in [0, 0.05) is 16.8 Å². The Morgan fingerprint density at radius 1 is 1.23 bits per heavy atom. The summed E-state index contributed by atoms with van der Waals surface area (Å²) in [5.74, 6) is 1.71. The molecule has 2 N–H and O–H groups in total. The smallest absolute Gasteiger partial charge is 0.255 e. The number of anilines is 1. The number of H-pyrrole nitrogens is 1. The minimum absolute atomic E-state index is 0.240. The average molecular weight is 371 g/mol. The number of amides is 1. The minimum Gasteiger partial charge on any atom is -0.492 e. The fraction of sp³-hybridized carbons (Fsp3) is 0.211. The molecule has 1 amide bonds. The molecule has 0 unspecified atom stereocenters. The van der Waals surface area contributed by atoms with E-state index in [1.807, 2.05) is 26.0 Å². The van der Waals surface area contributed by atoms with Crippen LogP contribution >= 0.6 is 11.6 Å². The van der Waals surface area contributed by atoms with Gasteiger partial charge in [-0.3, -0.25) is 9.89 Å². The number of nitrogens with zero attached hydrogens (tertiary/aromatic N) is 2. The molecule has 0 aliphatic carbocycles. The number of ether oxygens (including phenoxy) is 1. The molecule has 1 heterocycles. The van der Waals surface area contributed by atoms with Crippen LogP contribution in [0, 0.1) is 6.92 Å². The van der Waals surface area contributed by atoms with E-state index in [1.165, 1.54) is 0 Å². The van der Waals surface area contributed by atoms with Crippen molar-refractivity contribution < 1.29 is 9.53 Å². The molecule has 0 aliphatic rings. The molecule has 0 aliphatic heterocycles. The molecular formula is C19H19ClN4O2. The lowest BCUT2D eigenvalue weighted by atomic mass is 10.1. The Morgan fingerprint density at radius 2 is 2.00 bits per heavy atom.